The first-order valence-corrected chi connectivity index (χ1v) is 16.6. The molecule has 0 spiro atoms. The minimum atomic E-state index is -1.13. The lowest BCUT2D eigenvalue weighted by atomic mass is 9.76. The van der Waals surface area contributed by atoms with Gasteiger partial charge in [0.05, 0.1) is 31.5 Å². The molecular weight excluding hydrogens is 600 g/mol. The zero-order valence-electron chi connectivity index (χ0n) is 27.1. The molecule has 47 heavy (non-hydrogen) atoms. The van der Waals surface area contributed by atoms with Crippen LogP contribution in [0.15, 0.2) is 47.9 Å². The number of ether oxygens (including phenoxy) is 4. The topological polar surface area (TPSA) is 139 Å². The predicted octanol–water partition coefficient (Wildman–Crippen LogP) is 4.85. The molecule has 0 bridgehead atoms. The van der Waals surface area contributed by atoms with E-state index in [9.17, 15) is 19.8 Å². The third-order valence-electron chi connectivity index (χ3n) is 10.5. The van der Waals surface area contributed by atoms with Gasteiger partial charge in [-0.15, -0.1) is 0 Å². The number of aliphatic hydroxyl groups is 2. The van der Waals surface area contributed by atoms with Crippen molar-refractivity contribution in [3.63, 3.8) is 0 Å². The number of piperidine rings is 1. The molecule has 10 heteroatoms. The predicted molar refractivity (Wildman–Crippen MR) is 175 cm³/mol. The number of fused-ring (bicyclic) bond motifs is 3. The molecule has 2 aromatic carbocycles. The van der Waals surface area contributed by atoms with Crippen molar-refractivity contribution in [3.05, 3.63) is 70.1 Å². The second-order valence-corrected chi connectivity index (χ2v) is 13.1. The van der Waals surface area contributed by atoms with Crippen molar-refractivity contribution in [1.82, 2.24) is 10.3 Å². The van der Waals surface area contributed by atoms with Crippen LogP contribution in [0.3, 0.4) is 0 Å². The van der Waals surface area contributed by atoms with Crippen molar-refractivity contribution in [2.75, 3.05) is 26.8 Å². The summed E-state index contributed by atoms with van der Waals surface area (Å²) < 4.78 is 24.2. The number of esters is 1. The Hall–Kier alpha value is -4.12. The Balaban J connectivity index is 1.36. The fourth-order valence-corrected chi connectivity index (χ4v) is 7.88. The standard InChI is InChI=1S/C37H42N2O8/c1-4-45-36(42)30-17-25(21-6-8-29(41)24(16-21)20-5-7-28-22(15-20)9-14-39-28)32-34(44-3)26-18-31(37(2,43)23-10-12-38-13-11-23)47-33(26)27(19-40)35(32)46-30/h5,7,9,14-15,17,23-24,31,38-40,43H,4,6,8,10-13,16,18-19H2,1-3H3/b25-21-/t24-,31-,37+/m0/s1. The van der Waals surface area contributed by atoms with Crippen LogP contribution in [0.2, 0.25) is 0 Å². The molecule has 3 aliphatic heterocycles. The van der Waals surface area contributed by atoms with E-state index in [1.165, 1.54) is 0 Å². The lowest BCUT2D eigenvalue weighted by Gasteiger charge is -2.39. The third kappa shape index (κ3) is 5.42. The number of benzene rings is 2. The maximum atomic E-state index is 13.4. The summed E-state index contributed by atoms with van der Waals surface area (Å²) in [5.41, 5.74) is 4.25. The molecule has 3 aromatic rings. The molecule has 1 aliphatic carbocycles. The molecule has 0 radical (unpaired) electrons. The molecule has 4 N–H and O–H groups in total. The summed E-state index contributed by atoms with van der Waals surface area (Å²) in [5.74, 6) is 0.384. The number of aromatic nitrogens is 1. The molecular formula is C37H42N2O8. The summed E-state index contributed by atoms with van der Waals surface area (Å²) in [7, 11) is 1.58. The number of Topliss-reactive ketones (excluding diaryl/α,β-unsaturated/α-hetero) is 1. The van der Waals surface area contributed by atoms with Gasteiger partial charge in [0.2, 0.25) is 5.76 Å². The van der Waals surface area contributed by atoms with Gasteiger partial charge in [0.1, 0.15) is 34.7 Å². The third-order valence-corrected chi connectivity index (χ3v) is 10.5. The Morgan fingerprint density at radius 2 is 1.94 bits per heavy atom. The first kappa shape index (κ1) is 31.5. The summed E-state index contributed by atoms with van der Waals surface area (Å²) in [6.45, 7) is 4.95. The number of nitrogens with one attached hydrogen (secondary N) is 2. The summed E-state index contributed by atoms with van der Waals surface area (Å²) in [4.78, 5) is 29.8. The minimum Gasteiger partial charge on any atom is -0.496 e. The van der Waals surface area contributed by atoms with Gasteiger partial charge in [-0.25, -0.2) is 4.79 Å². The van der Waals surface area contributed by atoms with Gasteiger partial charge in [-0.2, -0.15) is 0 Å². The molecule has 1 aromatic heterocycles. The molecule has 3 atom stereocenters. The van der Waals surface area contributed by atoms with Crippen LogP contribution in [0.25, 0.3) is 16.5 Å². The van der Waals surface area contributed by atoms with Crippen LogP contribution in [0.5, 0.6) is 17.2 Å². The van der Waals surface area contributed by atoms with Crippen molar-refractivity contribution < 1.29 is 38.7 Å². The fourth-order valence-electron chi connectivity index (χ4n) is 7.88. The molecule has 248 valence electrons. The minimum absolute atomic E-state index is 0.0167. The van der Waals surface area contributed by atoms with Crippen molar-refractivity contribution in [3.8, 4) is 17.2 Å². The zero-order valence-corrected chi connectivity index (χ0v) is 27.1. The zero-order chi connectivity index (χ0) is 32.9. The number of rotatable bonds is 7. The number of aromatic amines is 1. The molecule has 7 rings (SSSR count). The number of carbonyl (C=O) groups is 2. The van der Waals surface area contributed by atoms with E-state index in [1.54, 1.807) is 20.1 Å². The van der Waals surface area contributed by atoms with Crippen LogP contribution in [0, 0.1) is 5.92 Å². The number of methoxy groups -OCH3 is 1. The summed E-state index contributed by atoms with van der Waals surface area (Å²) in [6, 6.07) is 8.05. The largest absolute Gasteiger partial charge is 0.496 e. The van der Waals surface area contributed by atoms with Gasteiger partial charge in [-0.1, -0.05) is 11.6 Å². The van der Waals surface area contributed by atoms with Gasteiger partial charge in [0.15, 0.2) is 0 Å². The lowest BCUT2D eigenvalue weighted by Crippen LogP contribution is -2.51. The number of ketones is 1. The van der Waals surface area contributed by atoms with Crippen LogP contribution in [0.4, 0.5) is 0 Å². The number of carbonyl (C=O) groups excluding carboxylic acids is 2. The van der Waals surface area contributed by atoms with Crippen molar-refractivity contribution in [1.29, 1.82) is 0 Å². The number of aliphatic hydroxyl groups excluding tert-OH is 1. The van der Waals surface area contributed by atoms with E-state index in [1.807, 2.05) is 31.3 Å². The second kappa shape index (κ2) is 12.5. The first-order chi connectivity index (χ1) is 22.7. The highest BCUT2D eigenvalue weighted by Crippen LogP contribution is 2.55. The monoisotopic (exact) mass is 642 g/mol. The quantitative estimate of drug-likeness (QED) is 0.266. The molecule has 1 saturated carbocycles. The van der Waals surface area contributed by atoms with E-state index >= 15 is 0 Å². The van der Waals surface area contributed by atoms with E-state index < -0.39 is 24.3 Å². The molecule has 2 fully saturated rings. The first-order valence-electron chi connectivity index (χ1n) is 16.6. The van der Waals surface area contributed by atoms with Gasteiger partial charge < -0.3 is 39.5 Å². The van der Waals surface area contributed by atoms with Gasteiger partial charge in [0.25, 0.3) is 0 Å². The van der Waals surface area contributed by atoms with Crippen LogP contribution in [0.1, 0.15) is 74.1 Å². The average Bonchev–Trinajstić information content (AvgIpc) is 3.75. The van der Waals surface area contributed by atoms with Gasteiger partial charge in [-0.3, -0.25) is 4.79 Å². The Kier molecular flexibility index (Phi) is 8.36. The van der Waals surface area contributed by atoms with Crippen molar-refractivity contribution in [2.45, 2.75) is 76.6 Å². The van der Waals surface area contributed by atoms with Crippen molar-refractivity contribution in [2.24, 2.45) is 5.92 Å². The second-order valence-electron chi connectivity index (χ2n) is 13.1. The normalized spacial score (nSPS) is 24.1. The van der Waals surface area contributed by atoms with Gasteiger partial charge in [-0.05, 0) is 99.3 Å². The Labute approximate surface area is 273 Å². The Morgan fingerprint density at radius 1 is 1.13 bits per heavy atom. The number of allylic oxidation sites excluding steroid dienone is 3. The van der Waals surface area contributed by atoms with Gasteiger partial charge in [0, 0.05) is 36.0 Å². The highest BCUT2D eigenvalue weighted by atomic mass is 16.6. The maximum absolute atomic E-state index is 13.4. The Morgan fingerprint density at radius 3 is 2.68 bits per heavy atom. The molecule has 0 unspecified atom stereocenters. The van der Waals surface area contributed by atoms with E-state index in [2.05, 4.69) is 16.4 Å². The van der Waals surface area contributed by atoms with Crippen LogP contribution < -0.4 is 19.5 Å². The van der Waals surface area contributed by atoms with E-state index in [4.69, 9.17) is 18.9 Å². The summed E-state index contributed by atoms with van der Waals surface area (Å²) >= 11 is 0. The smallest absolute Gasteiger partial charge is 0.374 e. The lowest BCUT2D eigenvalue weighted by molar-refractivity contribution is -0.141. The molecule has 4 heterocycles. The summed E-state index contributed by atoms with van der Waals surface area (Å²) in [6.07, 6.45) is 6.33. The Bertz CT molecular complexity index is 1800. The average molecular weight is 643 g/mol. The van der Waals surface area contributed by atoms with Crippen LogP contribution in [-0.4, -0.2) is 65.5 Å². The van der Waals surface area contributed by atoms with Crippen molar-refractivity contribution >= 4 is 28.2 Å². The fraction of sp³-hybridized carbons (Fsp3) is 0.459. The highest BCUT2D eigenvalue weighted by Gasteiger charge is 2.48. The van der Waals surface area contributed by atoms with E-state index in [-0.39, 0.29) is 35.7 Å². The molecule has 0 amide bonds. The summed E-state index contributed by atoms with van der Waals surface area (Å²) in [5, 5.41) is 27.0. The number of hydrogen-bond acceptors (Lipinski definition) is 9. The maximum Gasteiger partial charge on any atom is 0.374 e. The van der Waals surface area contributed by atoms with Gasteiger partial charge >= 0.3 is 5.97 Å². The number of H-pyrrole nitrogens is 1. The molecule has 1 saturated heterocycles. The molecule has 10 nitrogen and oxygen atoms in total. The highest BCUT2D eigenvalue weighted by molar-refractivity contribution is 5.98. The number of hydrogen-bond donors (Lipinski definition) is 4. The SMILES string of the molecule is CCOC(=O)C1=C/C(=C2\CCC(=O)[C@H](c3ccc4[nH]ccc4c3)C2)c2c(OC)c3c(c(CO)c2O1)O[C@H]([C@](C)(O)C1CCNCC1)C3. The van der Waals surface area contributed by atoms with Crippen LogP contribution >= 0.6 is 0 Å². The molecule has 4 aliphatic rings. The van der Waals surface area contributed by atoms with E-state index in [0.717, 1.165) is 59.1 Å². The van der Waals surface area contributed by atoms with E-state index in [0.29, 0.717) is 48.3 Å². The van der Waals surface area contributed by atoms with Crippen LogP contribution in [-0.2, 0) is 27.4 Å².